The number of H-pyrrole nitrogens is 1. The molecule has 0 saturated carbocycles. The van der Waals surface area contributed by atoms with Crippen LogP contribution in [-0.4, -0.2) is 51.3 Å². The van der Waals surface area contributed by atoms with E-state index in [2.05, 4.69) is 20.6 Å². The van der Waals surface area contributed by atoms with Gasteiger partial charge >= 0.3 is 0 Å². The number of nitrogens with zero attached hydrogens (tertiary/aromatic N) is 1. The number of aliphatic hydroxyl groups excluding tert-OH is 2. The number of carbonyl (C=O) groups excluding carboxylic acids is 1. The van der Waals surface area contributed by atoms with E-state index in [1.54, 1.807) is 0 Å². The second-order valence-electron chi connectivity index (χ2n) is 3.85. The third-order valence-corrected chi connectivity index (χ3v) is 2.57. The number of aliphatic hydroxyl groups is 2. The number of Topliss-reactive ketones (excluding diaryl/α,β-unsaturated/α-hetero) is 1. The number of nitrogen functional groups attached to an aromatic ring is 1. The number of anilines is 3. The van der Waals surface area contributed by atoms with E-state index < -0.39 is 30.1 Å². The molecule has 18 heavy (non-hydrogen) atoms. The maximum atomic E-state index is 11.6. The molecule has 0 aliphatic carbocycles. The Hall–Kier alpha value is -2.13. The van der Waals surface area contributed by atoms with E-state index in [1.165, 1.54) is 0 Å². The summed E-state index contributed by atoms with van der Waals surface area (Å²) in [5, 5.41) is 23.4. The Morgan fingerprint density at radius 3 is 3.00 bits per heavy atom. The largest absolute Gasteiger partial charge is 0.393 e. The quantitative estimate of drug-likeness (QED) is 0.346. The Kier molecular flexibility index (Phi) is 3.17. The number of hydrogen-bond acceptors (Lipinski definition) is 8. The summed E-state index contributed by atoms with van der Waals surface area (Å²) >= 11 is 0. The van der Waals surface area contributed by atoms with E-state index >= 15 is 0 Å². The lowest BCUT2D eigenvalue weighted by molar-refractivity contribution is -0.129. The first-order valence-electron chi connectivity index (χ1n) is 5.25. The molecular weight excluding hydrogens is 242 g/mol. The minimum absolute atomic E-state index is 0.0341. The number of nitrogens with two attached hydrogens (primary N) is 1. The lowest BCUT2D eigenvalue weighted by atomic mass is 10.1. The van der Waals surface area contributed by atoms with E-state index in [-0.39, 0.29) is 24.0 Å². The Morgan fingerprint density at radius 1 is 1.61 bits per heavy atom. The van der Waals surface area contributed by atoms with Gasteiger partial charge in [0, 0.05) is 6.54 Å². The summed E-state index contributed by atoms with van der Waals surface area (Å²) in [4.78, 5) is 29.4. The highest BCUT2D eigenvalue weighted by atomic mass is 16.3. The molecule has 98 valence electrons. The normalized spacial score (nSPS) is 19.3. The molecule has 0 radical (unpaired) electrons. The van der Waals surface area contributed by atoms with Crippen molar-refractivity contribution in [1.29, 1.82) is 0 Å². The van der Waals surface area contributed by atoms with Crippen LogP contribution in [0.4, 0.5) is 17.5 Å². The maximum Gasteiger partial charge on any atom is 0.277 e. The summed E-state index contributed by atoms with van der Waals surface area (Å²) in [6, 6.07) is -0.814. The van der Waals surface area contributed by atoms with Crippen molar-refractivity contribution in [2.24, 2.45) is 0 Å². The summed E-state index contributed by atoms with van der Waals surface area (Å²) in [5.41, 5.74) is 4.94. The van der Waals surface area contributed by atoms with Gasteiger partial charge in [-0.1, -0.05) is 0 Å². The van der Waals surface area contributed by atoms with Crippen LogP contribution < -0.4 is 21.9 Å². The fraction of sp³-hybridized carbons (Fsp3) is 0.444. The first kappa shape index (κ1) is 12.3. The Balaban J connectivity index is 2.25. The van der Waals surface area contributed by atoms with Crippen LogP contribution in [-0.2, 0) is 4.79 Å². The van der Waals surface area contributed by atoms with Crippen molar-refractivity contribution in [3.8, 4) is 0 Å². The zero-order chi connectivity index (χ0) is 13.3. The van der Waals surface area contributed by atoms with E-state index in [0.29, 0.717) is 0 Å². The molecule has 1 aromatic rings. The van der Waals surface area contributed by atoms with Gasteiger partial charge in [-0.05, 0) is 0 Å². The lowest BCUT2D eigenvalue weighted by Crippen LogP contribution is -2.47. The highest BCUT2D eigenvalue weighted by Gasteiger charge is 2.30. The Bertz CT molecular complexity index is 528. The topological polar surface area (TPSA) is 153 Å². The fourth-order valence-corrected chi connectivity index (χ4v) is 1.67. The summed E-state index contributed by atoms with van der Waals surface area (Å²) < 4.78 is 0. The molecule has 2 atom stereocenters. The molecule has 2 rings (SSSR count). The molecule has 7 N–H and O–H groups in total. The van der Waals surface area contributed by atoms with Gasteiger partial charge in [0.1, 0.15) is 17.8 Å². The van der Waals surface area contributed by atoms with Gasteiger partial charge in [0.15, 0.2) is 11.6 Å². The number of rotatable bonds is 3. The minimum Gasteiger partial charge on any atom is -0.393 e. The van der Waals surface area contributed by atoms with Crippen molar-refractivity contribution < 1.29 is 15.0 Å². The summed E-state index contributed by atoms with van der Waals surface area (Å²) in [7, 11) is 0. The SMILES string of the molecule is Nc1nc2c(c(=O)[nH]1)NC(C(=O)C(O)CO)CN2. The first-order valence-corrected chi connectivity index (χ1v) is 5.25. The first-order chi connectivity index (χ1) is 8.52. The van der Waals surface area contributed by atoms with Crippen LogP contribution in [0.2, 0.25) is 0 Å². The van der Waals surface area contributed by atoms with E-state index in [9.17, 15) is 14.7 Å². The molecule has 2 unspecified atom stereocenters. The number of aromatic nitrogens is 2. The number of fused-ring (bicyclic) bond motifs is 1. The van der Waals surface area contributed by atoms with Gasteiger partial charge in [0.2, 0.25) is 5.95 Å². The zero-order valence-electron chi connectivity index (χ0n) is 9.30. The molecule has 1 aliphatic rings. The molecule has 0 spiro atoms. The van der Waals surface area contributed by atoms with Crippen molar-refractivity contribution in [3.63, 3.8) is 0 Å². The van der Waals surface area contributed by atoms with Crippen LogP contribution >= 0.6 is 0 Å². The zero-order valence-corrected chi connectivity index (χ0v) is 9.30. The van der Waals surface area contributed by atoms with Crippen molar-refractivity contribution >= 4 is 23.2 Å². The third kappa shape index (κ3) is 2.13. The molecule has 1 aromatic heterocycles. The van der Waals surface area contributed by atoms with Gasteiger partial charge in [-0.25, -0.2) is 0 Å². The van der Waals surface area contributed by atoms with Crippen LogP contribution in [0.3, 0.4) is 0 Å². The fourth-order valence-electron chi connectivity index (χ4n) is 1.67. The molecule has 0 bridgehead atoms. The highest BCUT2D eigenvalue weighted by molar-refractivity contribution is 5.92. The van der Waals surface area contributed by atoms with Gasteiger partial charge in [-0.15, -0.1) is 0 Å². The number of nitrogens with one attached hydrogen (secondary N) is 3. The van der Waals surface area contributed by atoms with Crippen LogP contribution in [0.25, 0.3) is 0 Å². The molecule has 1 aliphatic heterocycles. The number of carbonyl (C=O) groups is 1. The smallest absolute Gasteiger partial charge is 0.277 e. The van der Waals surface area contributed by atoms with Gasteiger partial charge in [0.25, 0.3) is 5.56 Å². The third-order valence-electron chi connectivity index (χ3n) is 2.57. The predicted molar refractivity (Wildman–Crippen MR) is 63.3 cm³/mol. The number of aromatic amines is 1. The second kappa shape index (κ2) is 4.63. The van der Waals surface area contributed by atoms with Crippen LogP contribution in [0.15, 0.2) is 4.79 Å². The van der Waals surface area contributed by atoms with Crippen LogP contribution in [0.1, 0.15) is 0 Å². The molecule has 2 heterocycles. The van der Waals surface area contributed by atoms with Gasteiger partial charge in [-0.3, -0.25) is 14.6 Å². The Labute approximate surface area is 101 Å². The average Bonchev–Trinajstić information content (AvgIpc) is 2.36. The van der Waals surface area contributed by atoms with Crippen molar-refractivity contribution in [3.05, 3.63) is 10.4 Å². The molecule has 9 nitrogen and oxygen atoms in total. The van der Waals surface area contributed by atoms with E-state index in [1.807, 2.05) is 0 Å². The summed E-state index contributed by atoms with van der Waals surface area (Å²) in [5.74, 6) is -0.390. The maximum absolute atomic E-state index is 11.6. The van der Waals surface area contributed by atoms with Gasteiger partial charge in [0.05, 0.1) is 6.61 Å². The molecule has 0 aromatic carbocycles. The van der Waals surface area contributed by atoms with Gasteiger partial charge in [-0.2, -0.15) is 4.98 Å². The summed E-state index contributed by atoms with van der Waals surface area (Å²) in [6.07, 6.45) is -1.48. The average molecular weight is 255 g/mol. The lowest BCUT2D eigenvalue weighted by Gasteiger charge is -2.26. The van der Waals surface area contributed by atoms with Crippen LogP contribution in [0, 0.1) is 0 Å². The standard InChI is InChI=1S/C9H13N5O4/c10-9-13-7-5(8(18)14-9)12-3(1-11-7)6(17)4(16)2-15/h3-4,12,15-16H,1-2H2,(H4,10,11,13,14,18). The second-order valence-corrected chi connectivity index (χ2v) is 3.85. The number of ketones is 1. The van der Waals surface area contributed by atoms with E-state index in [4.69, 9.17) is 10.8 Å². The Morgan fingerprint density at radius 2 is 2.33 bits per heavy atom. The molecule has 9 heteroatoms. The molecule has 0 amide bonds. The minimum atomic E-state index is -1.48. The summed E-state index contributed by atoms with van der Waals surface area (Å²) in [6.45, 7) is -0.529. The van der Waals surface area contributed by atoms with Crippen molar-refractivity contribution in [2.75, 3.05) is 29.5 Å². The monoisotopic (exact) mass is 255 g/mol. The predicted octanol–water partition coefficient (Wildman–Crippen LogP) is -2.52. The highest BCUT2D eigenvalue weighted by Crippen LogP contribution is 2.20. The van der Waals surface area contributed by atoms with Crippen LogP contribution in [0.5, 0.6) is 0 Å². The molecule has 0 fully saturated rings. The van der Waals surface area contributed by atoms with E-state index in [0.717, 1.165) is 0 Å². The molecule has 0 saturated heterocycles. The number of hydrogen-bond donors (Lipinski definition) is 6. The van der Waals surface area contributed by atoms with Crippen molar-refractivity contribution in [1.82, 2.24) is 9.97 Å². The van der Waals surface area contributed by atoms with Crippen molar-refractivity contribution in [2.45, 2.75) is 12.1 Å². The van der Waals surface area contributed by atoms with Gasteiger partial charge < -0.3 is 26.6 Å². The molecular formula is C9H13N5O4.